The van der Waals surface area contributed by atoms with E-state index in [9.17, 15) is 4.79 Å². The molecule has 0 radical (unpaired) electrons. The molecule has 10 heteroatoms. The average molecular weight is 342 g/mol. The number of nitrogens with zero attached hydrogens (tertiary/aromatic N) is 4. The Labute approximate surface area is 143 Å². The van der Waals surface area contributed by atoms with Gasteiger partial charge in [-0.1, -0.05) is 30.3 Å². The van der Waals surface area contributed by atoms with Crippen LogP contribution in [0.4, 0.5) is 0 Å². The van der Waals surface area contributed by atoms with Crippen LogP contribution in [0.15, 0.2) is 46.6 Å². The summed E-state index contributed by atoms with van der Waals surface area (Å²) in [6.45, 7) is 0.458. The van der Waals surface area contributed by atoms with Gasteiger partial charge in [0.25, 0.3) is 11.7 Å². The van der Waals surface area contributed by atoms with E-state index in [1.807, 2.05) is 30.3 Å². The first-order valence-electron chi connectivity index (χ1n) is 7.41. The zero-order valence-electron chi connectivity index (χ0n) is 13.3. The van der Waals surface area contributed by atoms with Crippen LogP contribution < -0.4 is 22.5 Å². The predicted molar refractivity (Wildman–Crippen MR) is 91.1 cm³/mol. The number of rotatable bonds is 6. The number of primary amides is 1. The number of ether oxygens (including phenoxy) is 1. The molecule has 0 bridgehead atoms. The summed E-state index contributed by atoms with van der Waals surface area (Å²) in [6, 6.07) is 9.64. The molecule has 2 aromatic rings. The summed E-state index contributed by atoms with van der Waals surface area (Å²) >= 11 is 0. The SMILES string of the molecule is NC(=O)c1ncn(COCc2ccccc2)c1C1(N)N=CNC(N)=N1. The van der Waals surface area contributed by atoms with Crippen molar-refractivity contribution in [2.75, 3.05) is 0 Å². The van der Waals surface area contributed by atoms with Gasteiger partial charge in [-0.15, -0.1) is 0 Å². The van der Waals surface area contributed by atoms with Gasteiger partial charge < -0.3 is 26.1 Å². The van der Waals surface area contributed by atoms with E-state index >= 15 is 0 Å². The number of hydrogen-bond donors (Lipinski definition) is 4. The molecule has 0 fully saturated rings. The number of aliphatic imine (C=N–C) groups is 2. The van der Waals surface area contributed by atoms with Crippen LogP contribution in [0, 0.1) is 0 Å². The summed E-state index contributed by atoms with van der Waals surface area (Å²) in [5, 5.41) is 2.61. The third kappa shape index (κ3) is 3.49. The standard InChI is InChI=1S/C15H18N8O2/c16-13(24)11-12(15(18)21-7-19-14(17)22-15)23(8-20-11)9-25-6-10-4-2-1-3-5-10/h1-5,7-8H,6,9,18H2,(H2,16,24)(H3,17,19,21,22). The maximum Gasteiger partial charge on any atom is 0.269 e. The van der Waals surface area contributed by atoms with Gasteiger partial charge in [0.2, 0.25) is 0 Å². The minimum atomic E-state index is -1.62. The monoisotopic (exact) mass is 342 g/mol. The van der Waals surface area contributed by atoms with Crippen LogP contribution in [0.3, 0.4) is 0 Å². The van der Waals surface area contributed by atoms with E-state index in [4.69, 9.17) is 21.9 Å². The number of carbonyl (C=O) groups is 1. The van der Waals surface area contributed by atoms with Crippen LogP contribution in [-0.2, 0) is 23.9 Å². The number of nitrogens with two attached hydrogens (primary N) is 3. The van der Waals surface area contributed by atoms with Crippen LogP contribution in [0.1, 0.15) is 21.7 Å². The molecule has 1 aromatic heterocycles. The van der Waals surface area contributed by atoms with Gasteiger partial charge in [-0.05, 0) is 5.56 Å². The second-order valence-electron chi connectivity index (χ2n) is 5.36. The largest absolute Gasteiger partial charge is 0.370 e. The fraction of sp³-hybridized carbons (Fsp3) is 0.200. The first-order valence-corrected chi connectivity index (χ1v) is 7.41. The summed E-state index contributed by atoms with van der Waals surface area (Å²) in [7, 11) is 0. The van der Waals surface area contributed by atoms with Gasteiger partial charge >= 0.3 is 0 Å². The average Bonchev–Trinajstić information content (AvgIpc) is 3.01. The highest BCUT2D eigenvalue weighted by atomic mass is 16.5. The fourth-order valence-corrected chi connectivity index (χ4v) is 2.44. The zero-order valence-corrected chi connectivity index (χ0v) is 13.3. The Morgan fingerprint density at radius 1 is 1.32 bits per heavy atom. The number of guanidine groups is 1. The lowest BCUT2D eigenvalue weighted by Gasteiger charge is -2.25. The fourth-order valence-electron chi connectivity index (χ4n) is 2.44. The van der Waals surface area contributed by atoms with Crippen molar-refractivity contribution in [2.45, 2.75) is 19.1 Å². The molecule has 3 rings (SSSR count). The number of nitrogens with one attached hydrogen (secondary N) is 1. The molecule has 1 aromatic carbocycles. The topological polar surface area (TPSA) is 159 Å². The molecule has 1 unspecified atom stereocenters. The quantitative estimate of drug-likeness (QED) is 0.536. The molecule has 0 aliphatic carbocycles. The lowest BCUT2D eigenvalue weighted by molar-refractivity contribution is 0.0599. The van der Waals surface area contributed by atoms with E-state index in [0.717, 1.165) is 5.56 Å². The van der Waals surface area contributed by atoms with Gasteiger partial charge in [0.05, 0.1) is 19.3 Å². The molecule has 1 aliphatic heterocycles. The summed E-state index contributed by atoms with van der Waals surface area (Å²) in [6.07, 6.45) is 2.70. The van der Waals surface area contributed by atoms with E-state index in [-0.39, 0.29) is 24.1 Å². The maximum absolute atomic E-state index is 11.7. The van der Waals surface area contributed by atoms with Gasteiger partial charge in [0.15, 0.2) is 11.7 Å². The summed E-state index contributed by atoms with van der Waals surface area (Å²) in [5.41, 5.74) is 18.4. The maximum atomic E-state index is 11.7. The molecule has 25 heavy (non-hydrogen) atoms. The molecule has 0 saturated carbocycles. The number of aromatic nitrogens is 2. The Hall–Kier alpha value is -3.24. The minimum Gasteiger partial charge on any atom is -0.370 e. The Bertz CT molecular complexity index is 829. The Morgan fingerprint density at radius 3 is 2.76 bits per heavy atom. The third-order valence-corrected chi connectivity index (χ3v) is 3.53. The van der Waals surface area contributed by atoms with Gasteiger partial charge in [-0.25, -0.2) is 15.0 Å². The lowest BCUT2D eigenvalue weighted by Crippen LogP contribution is -2.46. The van der Waals surface area contributed by atoms with Gasteiger partial charge in [-0.2, -0.15) is 0 Å². The highest BCUT2D eigenvalue weighted by Gasteiger charge is 2.36. The van der Waals surface area contributed by atoms with Crippen LogP contribution in [0.25, 0.3) is 0 Å². The van der Waals surface area contributed by atoms with E-state index in [1.165, 1.54) is 17.2 Å². The van der Waals surface area contributed by atoms with Gasteiger partial charge in [0, 0.05) is 0 Å². The Kier molecular flexibility index (Phi) is 4.46. The van der Waals surface area contributed by atoms with Crippen molar-refractivity contribution in [3.8, 4) is 0 Å². The summed E-state index contributed by atoms with van der Waals surface area (Å²) < 4.78 is 7.20. The first-order chi connectivity index (χ1) is 12.0. The summed E-state index contributed by atoms with van der Waals surface area (Å²) in [5.74, 6) is -2.30. The van der Waals surface area contributed by atoms with Crippen molar-refractivity contribution in [3.63, 3.8) is 0 Å². The van der Waals surface area contributed by atoms with Gasteiger partial charge in [0.1, 0.15) is 12.4 Å². The van der Waals surface area contributed by atoms with Crippen molar-refractivity contribution in [3.05, 3.63) is 53.6 Å². The zero-order chi connectivity index (χ0) is 17.9. The van der Waals surface area contributed by atoms with Crippen molar-refractivity contribution in [1.82, 2.24) is 14.9 Å². The third-order valence-electron chi connectivity index (χ3n) is 3.53. The van der Waals surface area contributed by atoms with Crippen LogP contribution in [0.2, 0.25) is 0 Å². The van der Waals surface area contributed by atoms with Crippen LogP contribution >= 0.6 is 0 Å². The van der Waals surface area contributed by atoms with Crippen LogP contribution in [-0.4, -0.2) is 27.8 Å². The number of imidazole rings is 1. The van der Waals surface area contributed by atoms with Crippen molar-refractivity contribution >= 4 is 18.2 Å². The van der Waals surface area contributed by atoms with Crippen molar-refractivity contribution < 1.29 is 9.53 Å². The normalized spacial score (nSPS) is 19.3. The Morgan fingerprint density at radius 2 is 2.08 bits per heavy atom. The number of hydrogen-bond acceptors (Lipinski definition) is 8. The Balaban J connectivity index is 1.86. The van der Waals surface area contributed by atoms with Crippen LogP contribution in [0.5, 0.6) is 0 Å². The molecule has 1 amide bonds. The second kappa shape index (κ2) is 6.71. The van der Waals surface area contributed by atoms with E-state index in [1.54, 1.807) is 0 Å². The van der Waals surface area contributed by atoms with Crippen molar-refractivity contribution in [1.29, 1.82) is 0 Å². The molecule has 0 saturated heterocycles. The molecule has 2 heterocycles. The molecule has 7 N–H and O–H groups in total. The molecule has 1 atom stereocenters. The van der Waals surface area contributed by atoms with E-state index in [2.05, 4.69) is 20.3 Å². The molecule has 10 nitrogen and oxygen atoms in total. The van der Waals surface area contributed by atoms with Gasteiger partial charge in [-0.3, -0.25) is 10.5 Å². The van der Waals surface area contributed by atoms with E-state index in [0.29, 0.717) is 6.61 Å². The van der Waals surface area contributed by atoms with E-state index < -0.39 is 11.7 Å². The lowest BCUT2D eigenvalue weighted by atomic mass is 10.2. The molecule has 130 valence electrons. The summed E-state index contributed by atoms with van der Waals surface area (Å²) in [4.78, 5) is 23.9. The highest BCUT2D eigenvalue weighted by Crippen LogP contribution is 2.26. The molecular formula is C15H18N8O2. The number of carbonyl (C=O) groups excluding carboxylic acids is 1. The highest BCUT2D eigenvalue weighted by molar-refractivity contribution is 5.94. The predicted octanol–water partition coefficient (Wildman–Crippen LogP) is -0.828. The number of benzene rings is 1. The second-order valence-corrected chi connectivity index (χ2v) is 5.36. The molecular weight excluding hydrogens is 324 g/mol. The van der Waals surface area contributed by atoms with Crippen molar-refractivity contribution in [2.24, 2.45) is 27.2 Å². The first kappa shape index (κ1) is 16.6. The molecule has 1 aliphatic rings. The molecule has 0 spiro atoms. The minimum absolute atomic E-state index is 0.0404. The smallest absolute Gasteiger partial charge is 0.269 e. The number of amides is 1.